The van der Waals surface area contributed by atoms with E-state index in [4.69, 9.17) is 4.74 Å². The molecule has 0 bridgehead atoms. The summed E-state index contributed by atoms with van der Waals surface area (Å²) in [6.45, 7) is 11.1. The topological polar surface area (TPSA) is 29.5 Å². The molecule has 1 heterocycles. The van der Waals surface area contributed by atoms with Gasteiger partial charge in [0, 0.05) is 0 Å². The highest BCUT2D eigenvalue weighted by atomic mass is 28.3. The van der Waals surface area contributed by atoms with Crippen LogP contribution in [0.3, 0.4) is 0 Å². The van der Waals surface area contributed by atoms with Crippen molar-refractivity contribution in [1.29, 1.82) is 0 Å². The summed E-state index contributed by atoms with van der Waals surface area (Å²) in [5.74, 6) is 0.336. The Bertz CT molecular complexity index is 418. The highest BCUT2D eigenvalue weighted by Gasteiger charge is 2.43. The second-order valence-electron chi connectivity index (χ2n) is 6.15. The second-order valence-corrected chi connectivity index (χ2v) is 11.4. The van der Waals surface area contributed by atoms with Crippen LogP contribution in [-0.4, -0.2) is 13.2 Å². The first kappa shape index (κ1) is 11.7. The van der Waals surface area contributed by atoms with Crippen molar-refractivity contribution >= 4 is 8.07 Å². The lowest BCUT2D eigenvalue weighted by atomic mass is 9.96. The van der Waals surface area contributed by atoms with Crippen LogP contribution >= 0.6 is 0 Å². The molecule has 1 aliphatic rings. The first-order valence-corrected chi connectivity index (χ1v) is 9.31. The average Bonchev–Trinajstić information content (AvgIpc) is 2.37. The predicted octanol–water partition coefficient (Wildman–Crippen LogP) is 3.58. The Hall–Kier alpha value is -0.803. The van der Waals surface area contributed by atoms with Crippen LogP contribution < -0.4 is 0 Å². The van der Waals surface area contributed by atoms with E-state index in [2.05, 4.69) is 33.5 Å². The molecule has 1 N–H and O–H groups in total. The van der Waals surface area contributed by atoms with E-state index in [1.54, 1.807) is 6.07 Å². The molecule has 1 atom stereocenters. The molecule has 1 unspecified atom stereocenters. The Kier molecular flexibility index (Phi) is 2.44. The maximum Gasteiger partial charge on any atom is 0.115 e. The summed E-state index contributed by atoms with van der Waals surface area (Å²) >= 11 is 0. The van der Waals surface area contributed by atoms with Crippen molar-refractivity contribution < 1.29 is 9.84 Å². The van der Waals surface area contributed by atoms with Crippen molar-refractivity contribution in [2.24, 2.45) is 0 Å². The zero-order valence-corrected chi connectivity index (χ0v) is 11.7. The van der Waals surface area contributed by atoms with Gasteiger partial charge in [0.15, 0.2) is 0 Å². The number of rotatable bonds is 1. The maximum absolute atomic E-state index is 9.61. The van der Waals surface area contributed by atoms with E-state index in [0.29, 0.717) is 5.75 Å². The number of hydrogen-bond donors (Lipinski definition) is 1. The molecule has 0 amide bonds. The van der Waals surface area contributed by atoms with Gasteiger partial charge in [0.05, 0.1) is 19.4 Å². The molecule has 0 saturated carbocycles. The molecule has 2 nitrogen and oxygen atoms in total. The minimum Gasteiger partial charge on any atom is -0.508 e. The van der Waals surface area contributed by atoms with Gasteiger partial charge < -0.3 is 9.84 Å². The molecule has 1 aromatic carbocycles. The number of aromatic hydroxyl groups is 1. The van der Waals surface area contributed by atoms with Crippen molar-refractivity contribution in [3.8, 4) is 5.75 Å². The Morgan fingerprint density at radius 3 is 2.44 bits per heavy atom. The van der Waals surface area contributed by atoms with Crippen molar-refractivity contribution in [2.45, 2.75) is 44.8 Å². The third-order valence-corrected chi connectivity index (χ3v) is 5.17. The third kappa shape index (κ3) is 1.78. The van der Waals surface area contributed by atoms with E-state index in [-0.39, 0.29) is 11.3 Å². The number of phenolic OH excluding ortho intramolecular Hbond substituents is 1. The van der Waals surface area contributed by atoms with Crippen molar-refractivity contribution in [3.05, 3.63) is 29.3 Å². The van der Waals surface area contributed by atoms with Gasteiger partial charge >= 0.3 is 0 Å². The summed E-state index contributed by atoms with van der Waals surface area (Å²) in [4.78, 5) is 0. The quantitative estimate of drug-likeness (QED) is 0.755. The van der Waals surface area contributed by atoms with Gasteiger partial charge in [-0.2, -0.15) is 0 Å². The predicted molar refractivity (Wildman–Crippen MR) is 68.3 cm³/mol. The summed E-state index contributed by atoms with van der Waals surface area (Å²) in [5, 5.41) is 9.61. The minimum absolute atomic E-state index is 0.185. The van der Waals surface area contributed by atoms with Crippen LogP contribution in [0.5, 0.6) is 5.75 Å². The van der Waals surface area contributed by atoms with Gasteiger partial charge in [0.25, 0.3) is 0 Å². The highest BCUT2D eigenvalue weighted by Crippen LogP contribution is 2.47. The van der Waals surface area contributed by atoms with Gasteiger partial charge in [-0.15, -0.1) is 0 Å². The van der Waals surface area contributed by atoms with Crippen LogP contribution in [0.4, 0.5) is 0 Å². The molecule has 16 heavy (non-hydrogen) atoms. The molecule has 3 heteroatoms. The molecule has 0 spiro atoms. The zero-order valence-electron chi connectivity index (χ0n) is 10.7. The SMILES string of the molecule is CC1(C)OC([Si](C)(C)C)c2cc(O)ccc21. The van der Waals surface area contributed by atoms with Gasteiger partial charge in [-0.1, -0.05) is 25.7 Å². The van der Waals surface area contributed by atoms with E-state index in [9.17, 15) is 5.11 Å². The number of fused-ring (bicyclic) bond motifs is 1. The Morgan fingerprint density at radius 2 is 1.88 bits per heavy atom. The minimum atomic E-state index is -1.42. The smallest absolute Gasteiger partial charge is 0.115 e. The fourth-order valence-electron chi connectivity index (χ4n) is 2.38. The molecule has 0 fully saturated rings. The summed E-state index contributed by atoms with van der Waals surface area (Å²) < 4.78 is 6.19. The maximum atomic E-state index is 9.61. The fraction of sp³-hybridized carbons (Fsp3) is 0.538. The lowest BCUT2D eigenvalue weighted by Crippen LogP contribution is -2.32. The number of ether oxygens (including phenoxy) is 1. The van der Waals surface area contributed by atoms with Crippen LogP contribution in [-0.2, 0) is 10.3 Å². The fourth-order valence-corrected chi connectivity index (χ4v) is 4.20. The lowest BCUT2D eigenvalue weighted by Gasteiger charge is -2.28. The molecular formula is C13H20O2Si. The third-order valence-electron chi connectivity index (χ3n) is 3.17. The first-order chi connectivity index (χ1) is 7.22. The van der Waals surface area contributed by atoms with Crippen molar-refractivity contribution in [3.63, 3.8) is 0 Å². The summed E-state index contributed by atoms with van der Waals surface area (Å²) in [7, 11) is -1.42. The monoisotopic (exact) mass is 236 g/mol. The van der Waals surface area contributed by atoms with Gasteiger partial charge in [-0.05, 0) is 37.1 Å². The molecule has 0 aromatic heterocycles. The van der Waals surface area contributed by atoms with Crippen LogP contribution in [0, 0.1) is 0 Å². The van der Waals surface area contributed by atoms with Crippen LogP contribution in [0.15, 0.2) is 18.2 Å². The summed E-state index contributed by atoms with van der Waals surface area (Å²) in [5.41, 5.74) is 2.36. The number of benzene rings is 1. The Morgan fingerprint density at radius 1 is 1.25 bits per heavy atom. The summed E-state index contributed by atoms with van der Waals surface area (Å²) in [6, 6.07) is 5.61. The molecule has 0 aliphatic carbocycles. The number of hydrogen-bond acceptors (Lipinski definition) is 2. The number of phenols is 1. The lowest BCUT2D eigenvalue weighted by molar-refractivity contribution is -0.0212. The molecular weight excluding hydrogens is 216 g/mol. The van der Waals surface area contributed by atoms with Crippen LogP contribution in [0.25, 0.3) is 0 Å². The molecule has 0 radical (unpaired) electrons. The Labute approximate surface area is 98.3 Å². The molecule has 2 rings (SSSR count). The van der Waals surface area contributed by atoms with Crippen molar-refractivity contribution in [1.82, 2.24) is 0 Å². The summed E-state index contributed by atoms with van der Waals surface area (Å²) in [6.07, 6.45) is 0. The molecule has 0 saturated heterocycles. The van der Waals surface area contributed by atoms with Crippen LogP contribution in [0.1, 0.15) is 30.7 Å². The van der Waals surface area contributed by atoms with E-state index in [0.717, 1.165) is 0 Å². The average molecular weight is 236 g/mol. The molecule has 1 aliphatic heterocycles. The Balaban J connectivity index is 2.56. The van der Waals surface area contributed by atoms with Gasteiger partial charge in [0.1, 0.15) is 5.75 Å². The van der Waals surface area contributed by atoms with Crippen molar-refractivity contribution in [2.75, 3.05) is 0 Å². The van der Waals surface area contributed by atoms with E-state index in [1.165, 1.54) is 11.1 Å². The van der Waals surface area contributed by atoms with Crippen LogP contribution in [0.2, 0.25) is 19.6 Å². The molecule has 1 aromatic rings. The van der Waals surface area contributed by atoms with Gasteiger partial charge in [0.2, 0.25) is 0 Å². The normalized spacial score (nSPS) is 23.2. The first-order valence-electron chi connectivity index (χ1n) is 5.73. The van der Waals surface area contributed by atoms with E-state index >= 15 is 0 Å². The van der Waals surface area contributed by atoms with E-state index < -0.39 is 8.07 Å². The standard InChI is InChI=1S/C13H20O2Si/c1-13(2)11-7-6-9(14)8-10(11)12(15-13)16(3,4)5/h6-8,12,14H,1-5H3. The van der Waals surface area contributed by atoms with E-state index in [1.807, 2.05) is 12.1 Å². The highest BCUT2D eigenvalue weighted by molar-refractivity contribution is 6.77. The largest absolute Gasteiger partial charge is 0.508 e. The molecule has 88 valence electrons. The van der Waals surface area contributed by atoms with Gasteiger partial charge in [-0.25, -0.2) is 0 Å². The van der Waals surface area contributed by atoms with Gasteiger partial charge in [-0.3, -0.25) is 0 Å². The second kappa shape index (κ2) is 3.34. The zero-order chi connectivity index (χ0) is 12.1.